The maximum absolute atomic E-state index is 14.3. The Kier molecular flexibility index (Phi) is 16.5. The summed E-state index contributed by atoms with van der Waals surface area (Å²) in [7, 11) is 0. The van der Waals surface area contributed by atoms with Gasteiger partial charge in [0.25, 0.3) is 0 Å². The number of carbonyl (C=O) groups excluding carboxylic acids is 4. The summed E-state index contributed by atoms with van der Waals surface area (Å²) in [6.07, 6.45) is 19.5. The van der Waals surface area contributed by atoms with Crippen molar-refractivity contribution in [1.29, 1.82) is 10.5 Å². The minimum atomic E-state index is -0.774. The first-order chi connectivity index (χ1) is 30.1. The van der Waals surface area contributed by atoms with E-state index in [4.69, 9.17) is 18.9 Å². The topological polar surface area (TPSA) is 153 Å². The molecule has 14 heteroatoms. The largest absolute Gasteiger partial charge is 0.462 e. The van der Waals surface area contributed by atoms with Crippen LogP contribution in [0.15, 0.2) is 39.2 Å². The minimum absolute atomic E-state index is 0.0776. The Balaban J connectivity index is 1.20. The predicted octanol–water partition coefficient (Wildman–Crippen LogP) is 12.5. The normalized spacial score (nSPS) is 28.1. The monoisotopic (exact) mass is 920 g/mol. The van der Waals surface area contributed by atoms with Gasteiger partial charge in [-0.1, -0.05) is 99.4 Å². The molecule has 1 aromatic carbocycles. The van der Waals surface area contributed by atoms with Crippen LogP contribution in [0.3, 0.4) is 0 Å². The molecule has 0 unspecified atom stereocenters. The lowest BCUT2D eigenvalue weighted by Gasteiger charge is -2.37. The number of rotatable bonds is 12. The summed E-state index contributed by atoms with van der Waals surface area (Å²) >= 11 is 4.42. The lowest BCUT2D eigenvalue weighted by atomic mass is 9.69. The predicted molar refractivity (Wildman–Crippen MR) is 242 cm³/mol. The number of benzene rings is 1. The number of hydrogen-bond acceptors (Lipinski definition) is 14. The van der Waals surface area contributed by atoms with Gasteiger partial charge in [-0.3, -0.25) is 9.59 Å². The lowest BCUT2D eigenvalue weighted by molar-refractivity contribution is -0.142. The quantitative estimate of drug-likeness (QED) is 0.0845. The van der Waals surface area contributed by atoms with Gasteiger partial charge >= 0.3 is 23.9 Å². The number of fused-ring (bicyclic) bond motifs is 2. The molecule has 4 saturated carbocycles. The van der Waals surface area contributed by atoms with Crippen molar-refractivity contribution >= 4 is 70.9 Å². The zero-order valence-electron chi connectivity index (χ0n) is 36.6. The average Bonchev–Trinajstić information content (AvgIpc) is 3.94. The van der Waals surface area contributed by atoms with Crippen LogP contribution in [0.4, 0.5) is 0 Å². The Hall–Kier alpha value is -3.04. The Morgan fingerprint density at radius 1 is 0.484 bits per heavy atom. The summed E-state index contributed by atoms with van der Waals surface area (Å²) < 4.78 is 24.1. The van der Waals surface area contributed by atoms with Crippen molar-refractivity contribution in [2.24, 2.45) is 47.3 Å². The van der Waals surface area contributed by atoms with E-state index >= 15 is 0 Å². The second kappa shape index (κ2) is 21.8. The second-order valence-corrected chi connectivity index (χ2v) is 22.4. The molecule has 0 amide bonds. The molecule has 0 radical (unpaired) electrons. The summed E-state index contributed by atoms with van der Waals surface area (Å²) in [5.41, 5.74) is -0.388. The van der Waals surface area contributed by atoms with E-state index in [1.807, 2.05) is 12.1 Å². The molecule has 62 heavy (non-hydrogen) atoms. The molecule has 7 rings (SSSR count). The first-order valence-corrected chi connectivity index (χ1v) is 26.4. The van der Waals surface area contributed by atoms with E-state index in [-0.39, 0.29) is 59.6 Å². The fourth-order valence-corrected chi connectivity index (χ4v) is 16.0. The van der Waals surface area contributed by atoms with Gasteiger partial charge < -0.3 is 18.9 Å². The zero-order chi connectivity index (χ0) is 43.9. The molecule has 0 bridgehead atoms. The van der Waals surface area contributed by atoms with E-state index < -0.39 is 11.9 Å². The number of ether oxygens (including phenoxy) is 4. The number of thioether (sulfide) groups is 4. The fourth-order valence-electron chi connectivity index (χ4n) is 10.7. The summed E-state index contributed by atoms with van der Waals surface area (Å²) in [6.45, 7) is 8.06. The summed E-state index contributed by atoms with van der Waals surface area (Å²) in [5, 5.41) is 20.4. The van der Waals surface area contributed by atoms with Crippen molar-refractivity contribution in [3.63, 3.8) is 0 Å². The van der Waals surface area contributed by atoms with Gasteiger partial charge in [0, 0.05) is 0 Å². The van der Waals surface area contributed by atoms with Crippen molar-refractivity contribution in [3.8, 4) is 23.6 Å². The molecule has 2 heterocycles. The third-order valence-corrected chi connectivity index (χ3v) is 19.7. The van der Waals surface area contributed by atoms with Gasteiger partial charge in [0.05, 0.1) is 53.1 Å². The van der Waals surface area contributed by atoms with E-state index in [2.05, 4.69) is 13.8 Å². The first-order valence-electron chi connectivity index (χ1n) is 23.1. The zero-order valence-corrected chi connectivity index (χ0v) is 39.8. The molecule has 334 valence electrons. The smallest absolute Gasteiger partial charge is 0.350 e. The SMILES string of the molecule is CCOC(=O)C(C#N)=C1Sc2c(OC(=O)C3CCC(C4CCC(CC)CC4)CC3)c3c(c(OC(=O)C4CCC(C5CCC(CC)CC5)CC4)c2S1)SC(=C(C#N)C(=O)OCC)S3. The number of carbonyl (C=O) groups is 4. The molecule has 6 aliphatic rings. The molecule has 1 aromatic rings. The van der Waals surface area contributed by atoms with Crippen molar-refractivity contribution in [1.82, 2.24) is 0 Å². The van der Waals surface area contributed by atoms with Crippen LogP contribution in [0.1, 0.15) is 143 Å². The Labute approximate surface area is 384 Å². The van der Waals surface area contributed by atoms with Gasteiger partial charge in [0.15, 0.2) is 22.6 Å². The van der Waals surface area contributed by atoms with Crippen LogP contribution in [-0.2, 0) is 28.7 Å². The third-order valence-electron chi connectivity index (χ3n) is 14.5. The molecule has 0 N–H and O–H groups in total. The van der Waals surface area contributed by atoms with E-state index in [0.29, 0.717) is 51.7 Å². The van der Waals surface area contributed by atoms with Gasteiger partial charge in [-0.25, -0.2) is 9.59 Å². The molecule has 4 fully saturated rings. The van der Waals surface area contributed by atoms with Gasteiger partial charge in [0.2, 0.25) is 0 Å². The molecular weight excluding hydrogens is 861 g/mol. The highest BCUT2D eigenvalue weighted by molar-refractivity contribution is 8.26. The Bertz CT molecular complexity index is 1840. The van der Waals surface area contributed by atoms with Gasteiger partial charge in [0.1, 0.15) is 12.1 Å². The molecule has 0 saturated heterocycles. The van der Waals surface area contributed by atoms with Crippen LogP contribution in [0.2, 0.25) is 0 Å². The highest BCUT2D eigenvalue weighted by Crippen LogP contribution is 2.69. The third kappa shape index (κ3) is 10.4. The molecular formula is C48H60N2O8S4. The molecule has 0 aromatic heterocycles. The van der Waals surface area contributed by atoms with Crippen molar-refractivity contribution < 1.29 is 38.1 Å². The number of nitrogens with zero attached hydrogens (tertiary/aromatic N) is 2. The van der Waals surface area contributed by atoms with Gasteiger partial charge in [-0.15, -0.1) is 0 Å². The van der Waals surface area contributed by atoms with Crippen molar-refractivity contribution in [2.45, 2.75) is 163 Å². The van der Waals surface area contributed by atoms with Gasteiger partial charge in [-0.05, 0) is 126 Å². The van der Waals surface area contributed by atoms with E-state index in [1.54, 1.807) is 13.8 Å². The molecule has 4 aliphatic carbocycles. The van der Waals surface area contributed by atoms with Crippen molar-refractivity contribution in [2.75, 3.05) is 13.2 Å². The fraction of sp³-hybridized carbons (Fsp3) is 0.667. The summed E-state index contributed by atoms with van der Waals surface area (Å²) in [5.74, 6) is 1.79. The van der Waals surface area contributed by atoms with E-state index in [1.165, 1.54) is 64.2 Å². The maximum Gasteiger partial charge on any atom is 0.350 e. The first kappa shape index (κ1) is 46.9. The standard InChI is InChI=1S/C48H60N2O8S4/c1-5-27-9-13-29(14-10-27)31-17-21-33(22-18-31)43(51)57-37-39-41(61-47(59-39)35(25-49)45(53)55-7-3)38(42-40(37)60-48(62-42)36(26-50)46(54)56-8-4)58-44(52)34-23-19-32(20-24-34)30-15-11-28(6-2)12-16-30/h27-34H,5-24H2,1-4H3. The van der Waals surface area contributed by atoms with Crippen LogP contribution in [0.25, 0.3) is 0 Å². The van der Waals surface area contributed by atoms with Gasteiger partial charge in [-0.2, -0.15) is 10.5 Å². The number of nitriles is 2. The number of hydrogen-bond donors (Lipinski definition) is 0. The van der Waals surface area contributed by atoms with E-state index in [9.17, 15) is 29.7 Å². The maximum atomic E-state index is 14.3. The minimum Gasteiger partial charge on any atom is -0.462 e. The van der Waals surface area contributed by atoms with E-state index in [0.717, 1.165) is 110 Å². The average molecular weight is 921 g/mol. The molecule has 0 atom stereocenters. The number of esters is 4. The lowest BCUT2D eigenvalue weighted by Crippen LogP contribution is -2.30. The van der Waals surface area contributed by atoms with Crippen LogP contribution in [-0.4, -0.2) is 37.1 Å². The summed E-state index contributed by atoms with van der Waals surface area (Å²) in [6, 6.07) is 4.03. The van der Waals surface area contributed by atoms with Crippen LogP contribution < -0.4 is 9.47 Å². The van der Waals surface area contributed by atoms with Crippen LogP contribution >= 0.6 is 47.0 Å². The van der Waals surface area contributed by atoms with Crippen molar-refractivity contribution in [3.05, 3.63) is 19.6 Å². The second-order valence-electron chi connectivity index (χ2n) is 17.8. The van der Waals surface area contributed by atoms with Crippen LogP contribution in [0, 0.1) is 70.0 Å². The summed E-state index contributed by atoms with van der Waals surface area (Å²) in [4.78, 5) is 56.5. The molecule has 10 nitrogen and oxygen atoms in total. The Morgan fingerprint density at radius 3 is 1.03 bits per heavy atom. The molecule has 0 spiro atoms. The highest BCUT2D eigenvalue weighted by atomic mass is 32.2. The van der Waals surface area contributed by atoms with Crippen LogP contribution in [0.5, 0.6) is 11.5 Å². The Morgan fingerprint density at radius 2 is 0.774 bits per heavy atom. The highest BCUT2D eigenvalue weighted by Gasteiger charge is 2.43. The molecule has 2 aliphatic heterocycles.